The molecule has 0 atom stereocenters. The van der Waals surface area contributed by atoms with Crippen LogP contribution in [0.15, 0.2) is 30.5 Å². The fourth-order valence-electron chi connectivity index (χ4n) is 1.24. The van der Waals surface area contributed by atoms with Gasteiger partial charge >= 0.3 is 0 Å². The zero-order valence-electron chi connectivity index (χ0n) is 9.11. The normalized spacial score (nSPS) is 9.94. The molecule has 0 unspecified atom stereocenters. The van der Waals surface area contributed by atoms with Crippen LogP contribution >= 0.6 is 23.2 Å². The van der Waals surface area contributed by atoms with Gasteiger partial charge in [0.1, 0.15) is 0 Å². The first-order chi connectivity index (χ1) is 7.54. The fourth-order valence-corrected chi connectivity index (χ4v) is 1.76. The number of halogens is 2. The Hall–Kier alpha value is -0.990. The van der Waals surface area contributed by atoms with E-state index in [-0.39, 0.29) is 0 Å². The average Bonchev–Trinajstić information content (AvgIpc) is 2.23. The van der Waals surface area contributed by atoms with Gasteiger partial charge < -0.3 is 5.32 Å². The Kier molecular flexibility index (Phi) is 4.84. The molecule has 1 aromatic rings. The summed E-state index contributed by atoms with van der Waals surface area (Å²) in [6, 6.07) is 5.05. The van der Waals surface area contributed by atoms with Crippen LogP contribution in [0.3, 0.4) is 0 Å². The number of nitrogens with one attached hydrogen (secondary N) is 2. The van der Waals surface area contributed by atoms with Crippen molar-refractivity contribution < 1.29 is 0 Å². The summed E-state index contributed by atoms with van der Waals surface area (Å²) < 4.78 is 0. The minimum atomic E-state index is 0.317. The quantitative estimate of drug-likeness (QED) is 0.771. The minimum Gasteiger partial charge on any atom is -0.384 e. The molecule has 0 fully saturated rings. The number of allylic oxidation sites excluding steroid dienone is 1. The average molecular weight is 257 g/mol. The molecule has 2 N–H and O–H groups in total. The van der Waals surface area contributed by atoms with Crippen molar-refractivity contribution in [3.8, 4) is 0 Å². The molecule has 0 spiro atoms. The summed E-state index contributed by atoms with van der Waals surface area (Å²) in [6.45, 7) is 6.66. The Morgan fingerprint density at radius 1 is 1.31 bits per heavy atom. The highest BCUT2D eigenvalue weighted by Crippen LogP contribution is 2.20. The van der Waals surface area contributed by atoms with Crippen LogP contribution in [0.2, 0.25) is 10.0 Å². The Morgan fingerprint density at radius 3 is 2.38 bits per heavy atom. The smallest absolute Gasteiger partial charge is 0.0838 e. The Bertz CT molecular complexity index is 393. The minimum absolute atomic E-state index is 0.317. The molecule has 1 aromatic carbocycles. The highest BCUT2D eigenvalue weighted by Gasteiger charge is 2.07. The van der Waals surface area contributed by atoms with E-state index in [0.29, 0.717) is 27.0 Å². The third-order valence-electron chi connectivity index (χ3n) is 2.04. The van der Waals surface area contributed by atoms with Crippen LogP contribution in [0.4, 0.5) is 0 Å². The van der Waals surface area contributed by atoms with E-state index < -0.39 is 0 Å². The molecule has 4 heteroatoms. The highest BCUT2D eigenvalue weighted by atomic mass is 35.5. The van der Waals surface area contributed by atoms with Crippen molar-refractivity contribution in [2.75, 3.05) is 6.54 Å². The van der Waals surface area contributed by atoms with Crippen molar-refractivity contribution in [3.05, 3.63) is 46.1 Å². The lowest BCUT2D eigenvalue weighted by Crippen LogP contribution is -2.20. The van der Waals surface area contributed by atoms with Crippen LogP contribution in [-0.2, 0) is 0 Å². The van der Waals surface area contributed by atoms with Crippen molar-refractivity contribution in [1.29, 1.82) is 5.41 Å². The first-order valence-corrected chi connectivity index (χ1v) is 5.78. The van der Waals surface area contributed by atoms with Crippen molar-refractivity contribution in [2.24, 2.45) is 0 Å². The third kappa shape index (κ3) is 3.54. The van der Waals surface area contributed by atoms with Gasteiger partial charge in [0, 0.05) is 22.2 Å². The van der Waals surface area contributed by atoms with E-state index in [2.05, 4.69) is 18.8 Å². The van der Waals surface area contributed by atoms with Crippen LogP contribution in [0.5, 0.6) is 0 Å². The van der Waals surface area contributed by atoms with E-state index in [4.69, 9.17) is 28.6 Å². The van der Waals surface area contributed by atoms with Crippen LogP contribution < -0.4 is 5.32 Å². The van der Waals surface area contributed by atoms with Crippen LogP contribution in [0, 0.1) is 5.41 Å². The molecule has 2 nitrogen and oxygen atoms in total. The van der Waals surface area contributed by atoms with Gasteiger partial charge in [-0.2, -0.15) is 0 Å². The second kappa shape index (κ2) is 5.92. The van der Waals surface area contributed by atoms with E-state index >= 15 is 0 Å². The SMILES string of the molecule is C=C(NCCC)C(=N)c1cc(Cl)cc(Cl)c1. The van der Waals surface area contributed by atoms with Crippen LogP contribution in [-0.4, -0.2) is 12.3 Å². The van der Waals surface area contributed by atoms with Crippen molar-refractivity contribution in [1.82, 2.24) is 5.32 Å². The molecule has 0 saturated heterocycles. The second-order valence-electron chi connectivity index (χ2n) is 3.44. The molecule has 1 rings (SSSR count). The number of benzene rings is 1. The molecule has 0 aliphatic heterocycles. The topological polar surface area (TPSA) is 35.9 Å². The van der Waals surface area contributed by atoms with E-state index in [1.54, 1.807) is 18.2 Å². The molecular weight excluding hydrogens is 243 g/mol. The second-order valence-corrected chi connectivity index (χ2v) is 4.31. The van der Waals surface area contributed by atoms with E-state index in [9.17, 15) is 0 Å². The van der Waals surface area contributed by atoms with Crippen LogP contribution in [0.1, 0.15) is 18.9 Å². The highest BCUT2D eigenvalue weighted by molar-refractivity contribution is 6.35. The van der Waals surface area contributed by atoms with E-state index in [1.165, 1.54) is 0 Å². The predicted molar refractivity (Wildman–Crippen MR) is 70.7 cm³/mol. The van der Waals surface area contributed by atoms with Crippen molar-refractivity contribution in [2.45, 2.75) is 13.3 Å². The summed E-state index contributed by atoms with van der Waals surface area (Å²) in [7, 11) is 0. The summed E-state index contributed by atoms with van der Waals surface area (Å²) in [5.41, 5.74) is 1.57. The largest absolute Gasteiger partial charge is 0.384 e. The first-order valence-electron chi connectivity index (χ1n) is 5.02. The molecule has 0 radical (unpaired) electrons. The summed E-state index contributed by atoms with van der Waals surface area (Å²) in [6.07, 6.45) is 0.989. The van der Waals surface area contributed by atoms with Gasteiger partial charge in [-0.1, -0.05) is 36.7 Å². The molecule has 86 valence electrons. The van der Waals surface area contributed by atoms with Gasteiger partial charge in [-0.3, -0.25) is 5.41 Å². The van der Waals surface area contributed by atoms with Gasteiger partial charge in [0.15, 0.2) is 0 Å². The lowest BCUT2D eigenvalue weighted by atomic mass is 10.1. The molecule has 0 aliphatic carbocycles. The summed E-state index contributed by atoms with van der Waals surface area (Å²) in [5, 5.41) is 12.0. The number of rotatable bonds is 5. The van der Waals surface area contributed by atoms with Gasteiger partial charge in [-0.25, -0.2) is 0 Å². The zero-order valence-corrected chi connectivity index (χ0v) is 10.6. The molecule has 0 heterocycles. The lowest BCUT2D eigenvalue weighted by Gasteiger charge is -2.10. The molecule has 0 aromatic heterocycles. The lowest BCUT2D eigenvalue weighted by molar-refractivity contribution is 0.793. The maximum absolute atomic E-state index is 7.93. The van der Waals surface area contributed by atoms with Gasteiger partial charge in [-0.15, -0.1) is 0 Å². The zero-order chi connectivity index (χ0) is 12.1. The van der Waals surface area contributed by atoms with Crippen molar-refractivity contribution >= 4 is 28.9 Å². The predicted octanol–water partition coefficient (Wildman–Crippen LogP) is 3.87. The summed E-state index contributed by atoms with van der Waals surface area (Å²) in [5.74, 6) is 0. The van der Waals surface area contributed by atoms with Gasteiger partial charge in [0.2, 0.25) is 0 Å². The first kappa shape index (κ1) is 13.1. The summed E-state index contributed by atoms with van der Waals surface area (Å²) >= 11 is 11.7. The van der Waals surface area contributed by atoms with E-state index in [1.807, 2.05) is 0 Å². The molecule has 16 heavy (non-hydrogen) atoms. The fraction of sp³-hybridized carbons (Fsp3) is 0.250. The van der Waals surface area contributed by atoms with E-state index in [0.717, 1.165) is 13.0 Å². The maximum Gasteiger partial charge on any atom is 0.0838 e. The van der Waals surface area contributed by atoms with Gasteiger partial charge in [0.25, 0.3) is 0 Å². The monoisotopic (exact) mass is 256 g/mol. The van der Waals surface area contributed by atoms with Crippen molar-refractivity contribution in [3.63, 3.8) is 0 Å². The number of hydrogen-bond donors (Lipinski definition) is 2. The van der Waals surface area contributed by atoms with Gasteiger partial charge in [-0.05, 0) is 24.6 Å². The Labute approximate surface area is 106 Å². The van der Waals surface area contributed by atoms with Gasteiger partial charge in [0.05, 0.1) is 11.4 Å². The standard InChI is InChI=1S/C12H14Cl2N2/c1-3-4-16-8(2)12(15)9-5-10(13)7-11(14)6-9/h5-7,15-16H,2-4H2,1H3. The number of hydrogen-bond acceptors (Lipinski definition) is 2. The molecule has 0 bridgehead atoms. The molecule has 0 saturated carbocycles. The molecule has 0 aliphatic rings. The maximum atomic E-state index is 7.93. The molecule has 0 amide bonds. The Morgan fingerprint density at radius 2 is 1.88 bits per heavy atom. The molecular formula is C12H14Cl2N2. The Balaban J connectivity index is 2.83. The van der Waals surface area contributed by atoms with Crippen LogP contribution in [0.25, 0.3) is 0 Å². The third-order valence-corrected chi connectivity index (χ3v) is 2.48. The summed E-state index contributed by atoms with van der Waals surface area (Å²) in [4.78, 5) is 0.